The molecule has 4 aromatic rings. The first-order valence-corrected chi connectivity index (χ1v) is 12.5. The van der Waals surface area contributed by atoms with Crippen LogP contribution in [0.5, 0.6) is 17.2 Å². The van der Waals surface area contributed by atoms with Gasteiger partial charge in [0.05, 0.1) is 24.3 Å². The van der Waals surface area contributed by atoms with Gasteiger partial charge in [0.2, 0.25) is 0 Å². The van der Waals surface area contributed by atoms with Crippen molar-refractivity contribution in [1.29, 1.82) is 0 Å². The van der Waals surface area contributed by atoms with E-state index in [1.54, 1.807) is 42.7 Å². The Labute approximate surface area is 227 Å². The highest BCUT2D eigenvalue weighted by molar-refractivity contribution is 6.46. The third-order valence-electron chi connectivity index (χ3n) is 6.65. The molecule has 2 heterocycles. The number of benzene rings is 3. The highest BCUT2D eigenvalue weighted by Gasteiger charge is 2.46. The van der Waals surface area contributed by atoms with Gasteiger partial charge in [-0.2, -0.15) is 0 Å². The molecule has 5 rings (SSSR count). The molecule has 0 radical (unpaired) electrons. The molecule has 196 valence electrons. The summed E-state index contributed by atoms with van der Waals surface area (Å²) in [4.78, 5) is 32.6. The number of likely N-dealkylation sites (tertiary alicyclic amines) is 1. The molecule has 1 N–H and O–H groups in total. The van der Waals surface area contributed by atoms with E-state index in [1.807, 2.05) is 62.4 Å². The predicted molar refractivity (Wildman–Crippen MR) is 148 cm³/mol. The van der Waals surface area contributed by atoms with Gasteiger partial charge in [0, 0.05) is 18.9 Å². The molecule has 1 aliphatic rings. The third-order valence-corrected chi connectivity index (χ3v) is 6.65. The van der Waals surface area contributed by atoms with Crippen LogP contribution in [0.2, 0.25) is 0 Å². The number of carbonyl (C=O) groups is 2. The standard InChI is InChI=1S/C32H28N2O5/c1-20-15-21(2)31(38-3)26(16-20)29(35)27-28(34(32(37)30(27)36)19-22-9-8-14-33-18-22)23-10-7-13-25(17-23)39-24-11-5-4-6-12-24/h4-18,28,35H,19H2,1-3H3/b29-27+. The molecule has 1 amide bonds. The smallest absolute Gasteiger partial charge is 0.295 e. The van der Waals surface area contributed by atoms with Gasteiger partial charge in [0.1, 0.15) is 23.0 Å². The Morgan fingerprint density at radius 2 is 1.72 bits per heavy atom. The minimum Gasteiger partial charge on any atom is -0.507 e. The molecule has 7 heteroatoms. The summed E-state index contributed by atoms with van der Waals surface area (Å²) in [5.41, 5.74) is 3.41. The van der Waals surface area contributed by atoms with Crippen molar-refractivity contribution in [2.45, 2.75) is 26.4 Å². The van der Waals surface area contributed by atoms with E-state index in [0.717, 1.165) is 16.7 Å². The van der Waals surface area contributed by atoms with Crippen molar-refractivity contribution in [2.75, 3.05) is 7.11 Å². The molecule has 0 saturated carbocycles. The van der Waals surface area contributed by atoms with Crippen molar-refractivity contribution in [1.82, 2.24) is 9.88 Å². The number of pyridine rings is 1. The van der Waals surface area contributed by atoms with Gasteiger partial charge in [-0.15, -0.1) is 0 Å². The summed E-state index contributed by atoms with van der Waals surface area (Å²) in [6, 6.07) is 23.0. The second-order valence-corrected chi connectivity index (χ2v) is 9.44. The first kappa shape index (κ1) is 25.7. The summed E-state index contributed by atoms with van der Waals surface area (Å²) in [6.45, 7) is 3.89. The highest BCUT2D eigenvalue weighted by Crippen LogP contribution is 2.43. The van der Waals surface area contributed by atoms with E-state index in [2.05, 4.69) is 4.98 Å². The molecule has 7 nitrogen and oxygen atoms in total. The van der Waals surface area contributed by atoms with Crippen LogP contribution in [0, 0.1) is 13.8 Å². The molecular formula is C32H28N2O5. The number of ether oxygens (including phenoxy) is 2. The van der Waals surface area contributed by atoms with E-state index in [9.17, 15) is 14.7 Å². The Hall–Kier alpha value is -4.91. The largest absolute Gasteiger partial charge is 0.507 e. The Kier molecular flexibility index (Phi) is 7.14. The summed E-state index contributed by atoms with van der Waals surface area (Å²) in [5, 5.41) is 11.6. The van der Waals surface area contributed by atoms with Crippen LogP contribution in [0.15, 0.2) is 96.8 Å². The van der Waals surface area contributed by atoms with Gasteiger partial charge < -0.3 is 19.5 Å². The molecule has 1 aliphatic heterocycles. The monoisotopic (exact) mass is 520 g/mol. The number of aryl methyl sites for hydroxylation is 2. The predicted octanol–water partition coefficient (Wildman–Crippen LogP) is 6.12. The second-order valence-electron chi connectivity index (χ2n) is 9.44. The SMILES string of the molecule is COc1c(C)cc(C)cc1/C(O)=C1\C(=O)C(=O)N(Cc2cccnc2)C1c1cccc(Oc2ccccc2)c1. The Bertz CT molecular complexity index is 1560. The highest BCUT2D eigenvalue weighted by atomic mass is 16.5. The minimum atomic E-state index is -0.866. The van der Waals surface area contributed by atoms with E-state index in [4.69, 9.17) is 9.47 Å². The van der Waals surface area contributed by atoms with E-state index >= 15 is 0 Å². The molecule has 0 aliphatic carbocycles. The van der Waals surface area contributed by atoms with Gasteiger partial charge in [0.15, 0.2) is 0 Å². The Balaban J connectivity index is 1.67. The van der Waals surface area contributed by atoms with Crippen LogP contribution in [0.25, 0.3) is 5.76 Å². The second kappa shape index (κ2) is 10.8. The van der Waals surface area contributed by atoms with E-state index in [0.29, 0.717) is 28.4 Å². The average molecular weight is 521 g/mol. The van der Waals surface area contributed by atoms with Crippen LogP contribution in [0.1, 0.15) is 33.9 Å². The van der Waals surface area contributed by atoms with Crippen LogP contribution in [0.3, 0.4) is 0 Å². The van der Waals surface area contributed by atoms with Crippen LogP contribution < -0.4 is 9.47 Å². The summed E-state index contributed by atoms with van der Waals surface area (Å²) in [7, 11) is 1.51. The molecule has 0 spiro atoms. The molecular weight excluding hydrogens is 492 g/mol. The van der Waals surface area contributed by atoms with Crippen molar-refractivity contribution < 1.29 is 24.2 Å². The first-order valence-electron chi connectivity index (χ1n) is 12.5. The number of Topliss-reactive ketones (excluding diaryl/α,β-unsaturated/α-hetero) is 1. The van der Waals surface area contributed by atoms with Crippen molar-refractivity contribution >= 4 is 17.4 Å². The molecule has 39 heavy (non-hydrogen) atoms. The summed E-state index contributed by atoms with van der Waals surface area (Å²) in [5.74, 6) is -0.129. The number of methoxy groups -OCH3 is 1. The average Bonchev–Trinajstić information content (AvgIpc) is 3.18. The number of ketones is 1. The number of aliphatic hydroxyl groups is 1. The quantitative estimate of drug-likeness (QED) is 0.179. The number of carbonyl (C=O) groups excluding carboxylic acids is 2. The third kappa shape index (κ3) is 5.11. The van der Waals surface area contributed by atoms with Crippen molar-refractivity contribution in [3.63, 3.8) is 0 Å². The number of aromatic nitrogens is 1. The number of rotatable bonds is 7. The zero-order chi connectivity index (χ0) is 27.5. The van der Waals surface area contributed by atoms with Crippen LogP contribution >= 0.6 is 0 Å². The van der Waals surface area contributed by atoms with Crippen LogP contribution in [-0.4, -0.2) is 33.8 Å². The summed E-state index contributed by atoms with van der Waals surface area (Å²) >= 11 is 0. The molecule has 3 aromatic carbocycles. The zero-order valence-electron chi connectivity index (χ0n) is 21.9. The van der Waals surface area contributed by atoms with E-state index in [1.165, 1.54) is 12.0 Å². The number of amides is 1. The first-order chi connectivity index (χ1) is 18.9. The summed E-state index contributed by atoms with van der Waals surface area (Å²) < 4.78 is 11.6. The normalized spacial score (nSPS) is 16.4. The molecule has 1 unspecified atom stereocenters. The van der Waals surface area contributed by atoms with Crippen molar-refractivity contribution in [3.05, 3.63) is 125 Å². The maximum Gasteiger partial charge on any atom is 0.295 e. The molecule has 1 fully saturated rings. The lowest BCUT2D eigenvalue weighted by atomic mass is 9.93. The minimum absolute atomic E-state index is 0.0101. The van der Waals surface area contributed by atoms with Gasteiger partial charge in [-0.3, -0.25) is 14.6 Å². The van der Waals surface area contributed by atoms with Crippen LogP contribution in [0.4, 0.5) is 0 Å². The van der Waals surface area contributed by atoms with Crippen molar-refractivity contribution in [2.24, 2.45) is 0 Å². The lowest BCUT2D eigenvalue weighted by molar-refractivity contribution is -0.140. The van der Waals surface area contributed by atoms with Gasteiger partial charge >= 0.3 is 0 Å². The lowest BCUT2D eigenvalue weighted by Gasteiger charge is -2.26. The number of hydrogen-bond donors (Lipinski definition) is 1. The zero-order valence-corrected chi connectivity index (χ0v) is 21.9. The van der Waals surface area contributed by atoms with Gasteiger partial charge in [-0.05, 0) is 72.5 Å². The van der Waals surface area contributed by atoms with E-state index in [-0.39, 0.29) is 17.9 Å². The molecule has 1 saturated heterocycles. The fourth-order valence-corrected chi connectivity index (χ4v) is 5.00. The fourth-order valence-electron chi connectivity index (χ4n) is 5.00. The molecule has 0 bridgehead atoms. The summed E-state index contributed by atoms with van der Waals surface area (Å²) in [6.07, 6.45) is 3.30. The number of para-hydroxylation sites is 1. The lowest BCUT2D eigenvalue weighted by Crippen LogP contribution is -2.29. The van der Waals surface area contributed by atoms with Crippen molar-refractivity contribution in [3.8, 4) is 17.2 Å². The number of nitrogens with zero attached hydrogens (tertiary/aromatic N) is 2. The maximum atomic E-state index is 13.6. The van der Waals surface area contributed by atoms with E-state index < -0.39 is 17.7 Å². The molecule has 1 aromatic heterocycles. The topological polar surface area (TPSA) is 89.0 Å². The number of aliphatic hydroxyl groups excluding tert-OH is 1. The van der Waals surface area contributed by atoms with Crippen LogP contribution in [-0.2, 0) is 16.1 Å². The Morgan fingerprint density at radius 1 is 0.949 bits per heavy atom. The maximum absolute atomic E-state index is 13.6. The van der Waals surface area contributed by atoms with Gasteiger partial charge in [-0.1, -0.05) is 42.5 Å². The Morgan fingerprint density at radius 3 is 2.44 bits per heavy atom. The fraction of sp³-hybridized carbons (Fsp3) is 0.156. The molecule has 1 atom stereocenters. The number of hydrogen-bond acceptors (Lipinski definition) is 6. The van der Waals surface area contributed by atoms with Gasteiger partial charge in [0.25, 0.3) is 11.7 Å². The van der Waals surface area contributed by atoms with Gasteiger partial charge in [-0.25, -0.2) is 0 Å².